The van der Waals surface area contributed by atoms with Gasteiger partial charge in [-0.05, 0) is 32.6 Å². The number of hydrogen-bond donors (Lipinski definition) is 2. The van der Waals surface area contributed by atoms with E-state index in [-0.39, 0.29) is 6.10 Å². The van der Waals surface area contributed by atoms with E-state index in [1.165, 1.54) is 12.8 Å². The van der Waals surface area contributed by atoms with Gasteiger partial charge in [0.05, 0.1) is 6.10 Å². The van der Waals surface area contributed by atoms with Crippen LogP contribution >= 0.6 is 11.8 Å². The number of aliphatic hydroxyl groups is 1. The molecule has 1 rings (SSSR count). The molecule has 0 aliphatic heterocycles. The molecule has 0 spiro atoms. The van der Waals surface area contributed by atoms with Crippen LogP contribution in [0.15, 0.2) is 0 Å². The molecule has 0 heterocycles. The van der Waals surface area contributed by atoms with Gasteiger partial charge in [0.25, 0.3) is 0 Å². The highest BCUT2D eigenvalue weighted by molar-refractivity contribution is 8.00. The summed E-state index contributed by atoms with van der Waals surface area (Å²) < 4.78 is 0. The largest absolute Gasteiger partial charge is 0.392 e. The zero-order valence-corrected chi connectivity index (χ0v) is 9.39. The maximum atomic E-state index is 9.36. The molecule has 2 atom stereocenters. The molecule has 2 nitrogen and oxygen atoms in total. The van der Waals surface area contributed by atoms with Gasteiger partial charge >= 0.3 is 0 Å². The molecule has 78 valence electrons. The zero-order chi connectivity index (χ0) is 9.84. The zero-order valence-electron chi connectivity index (χ0n) is 8.57. The predicted octanol–water partition coefficient (Wildman–Crippen LogP) is 1.76. The Morgan fingerprint density at radius 2 is 1.77 bits per heavy atom. The molecular formula is C10H21NOS. The van der Waals surface area contributed by atoms with E-state index in [1.54, 1.807) is 0 Å². The predicted molar refractivity (Wildman–Crippen MR) is 59.0 cm³/mol. The van der Waals surface area contributed by atoms with Crippen molar-refractivity contribution in [3.8, 4) is 0 Å². The van der Waals surface area contributed by atoms with Crippen molar-refractivity contribution in [2.24, 2.45) is 5.73 Å². The Balaban J connectivity index is 2.22. The maximum absolute atomic E-state index is 9.36. The summed E-state index contributed by atoms with van der Waals surface area (Å²) in [5.74, 6) is 0. The van der Waals surface area contributed by atoms with Crippen LogP contribution < -0.4 is 5.73 Å². The van der Waals surface area contributed by atoms with Gasteiger partial charge in [-0.15, -0.1) is 0 Å². The summed E-state index contributed by atoms with van der Waals surface area (Å²) >= 11 is 1.93. The minimum absolute atomic E-state index is 0.194. The molecule has 3 heteroatoms. The fourth-order valence-corrected chi connectivity index (χ4v) is 3.02. The summed E-state index contributed by atoms with van der Waals surface area (Å²) in [6, 6.07) is 0.429. The fraction of sp³-hybridized carbons (Fsp3) is 1.00. The van der Waals surface area contributed by atoms with Crippen molar-refractivity contribution >= 4 is 11.8 Å². The monoisotopic (exact) mass is 203 g/mol. The molecule has 2 unspecified atom stereocenters. The van der Waals surface area contributed by atoms with E-state index in [0.717, 1.165) is 18.1 Å². The second kappa shape index (κ2) is 5.23. The summed E-state index contributed by atoms with van der Waals surface area (Å²) in [4.78, 5) is 0. The molecule has 3 N–H and O–H groups in total. The average molecular weight is 203 g/mol. The van der Waals surface area contributed by atoms with Crippen molar-refractivity contribution in [1.29, 1.82) is 0 Å². The third kappa shape index (κ3) is 3.88. The number of hydrogen-bond acceptors (Lipinski definition) is 3. The van der Waals surface area contributed by atoms with Crippen LogP contribution in [-0.4, -0.2) is 27.8 Å². The van der Waals surface area contributed by atoms with Gasteiger partial charge in [0, 0.05) is 16.5 Å². The lowest BCUT2D eigenvalue weighted by molar-refractivity contribution is 0.196. The lowest BCUT2D eigenvalue weighted by Crippen LogP contribution is -2.29. The first-order valence-electron chi connectivity index (χ1n) is 5.18. The van der Waals surface area contributed by atoms with E-state index in [0.29, 0.717) is 11.3 Å². The first-order valence-corrected chi connectivity index (χ1v) is 6.13. The molecule has 0 aromatic heterocycles. The van der Waals surface area contributed by atoms with Gasteiger partial charge in [-0.1, -0.05) is 6.92 Å². The first-order chi connectivity index (χ1) is 6.09. The van der Waals surface area contributed by atoms with Crippen molar-refractivity contribution < 1.29 is 5.11 Å². The van der Waals surface area contributed by atoms with Crippen LogP contribution in [0.4, 0.5) is 0 Å². The lowest BCUT2D eigenvalue weighted by atomic mass is 9.96. The van der Waals surface area contributed by atoms with Crippen molar-refractivity contribution in [1.82, 2.24) is 0 Å². The third-order valence-electron chi connectivity index (χ3n) is 2.81. The Kier molecular flexibility index (Phi) is 4.56. The van der Waals surface area contributed by atoms with Gasteiger partial charge in [0.2, 0.25) is 0 Å². The van der Waals surface area contributed by atoms with Gasteiger partial charge in [0.1, 0.15) is 0 Å². The Hall–Kier alpha value is 0.270. The Labute approximate surface area is 85.3 Å². The SMILES string of the molecule is CC(O)C(C)SC1CCC(N)CC1. The number of thioether (sulfide) groups is 1. The first kappa shape index (κ1) is 11.3. The van der Waals surface area contributed by atoms with Crippen LogP contribution in [0.2, 0.25) is 0 Å². The van der Waals surface area contributed by atoms with Crippen LogP contribution in [0.25, 0.3) is 0 Å². The quantitative estimate of drug-likeness (QED) is 0.734. The average Bonchev–Trinajstić information content (AvgIpc) is 2.08. The molecule has 1 aliphatic rings. The van der Waals surface area contributed by atoms with E-state index in [1.807, 2.05) is 18.7 Å². The Morgan fingerprint density at radius 3 is 2.23 bits per heavy atom. The van der Waals surface area contributed by atoms with Gasteiger partial charge in [-0.25, -0.2) is 0 Å². The number of nitrogens with two attached hydrogens (primary N) is 1. The minimum Gasteiger partial charge on any atom is -0.392 e. The highest BCUT2D eigenvalue weighted by Crippen LogP contribution is 2.31. The molecular weight excluding hydrogens is 182 g/mol. The highest BCUT2D eigenvalue weighted by atomic mass is 32.2. The normalized spacial score (nSPS) is 34.2. The van der Waals surface area contributed by atoms with Crippen LogP contribution in [-0.2, 0) is 0 Å². The van der Waals surface area contributed by atoms with Crippen LogP contribution in [0.1, 0.15) is 39.5 Å². The van der Waals surface area contributed by atoms with E-state index in [9.17, 15) is 5.11 Å². The van der Waals surface area contributed by atoms with Crippen LogP contribution in [0.5, 0.6) is 0 Å². The number of rotatable bonds is 3. The van der Waals surface area contributed by atoms with Gasteiger partial charge in [0.15, 0.2) is 0 Å². The van der Waals surface area contributed by atoms with Gasteiger partial charge in [-0.2, -0.15) is 11.8 Å². The molecule has 0 aromatic carbocycles. The molecule has 0 aromatic rings. The molecule has 0 bridgehead atoms. The van der Waals surface area contributed by atoms with Crippen LogP contribution in [0.3, 0.4) is 0 Å². The van der Waals surface area contributed by atoms with E-state index >= 15 is 0 Å². The second-order valence-electron chi connectivity index (χ2n) is 4.12. The smallest absolute Gasteiger partial charge is 0.0628 e. The maximum Gasteiger partial charge on any atom is 0.0628 e. The molecule has 13 heavy (non-hydrogen) atoms. The Bertz CT molecular complexity index is 144. The van der Waals surface area contributed by atoms with Crippen molar-refractivity contribution in [3.63, 3.8) is 0 Å². The highest BCUT2D eigenvalue weighted by Gasteiger charge is 2.22. The summed E-state index contributed by atoms with van der Waals surface area (Å²) in [5, 5.41) is 10.4. The molecule has 1 fully saturated rings. The summed E-state index contributed by atoms with van der Waals surface area (Å²) in [7, 11) is 0. The molecule has 0 amide bonds. The number of aliphatic hydroxyl groups excluding tert-OH is 1. The van der Waals surface area contributed by atoms with E-state index in [2.05, 4.69) is 6.92 Å². The van der Waals surface area contributed by atoms with Gasteiger partial charge < -0.3 is 10.8 Å². The fourth-order valence-electron chi connectivity index (χ4n) is 1.64. The molecule has 1 aliphatic carbocycles. The van der Waals surface area contributed by atoms with Crippen molar-refractivity contribution in [2.45, 2.75) is 62.2 Å². The third-order valence-corrected chi connectivity index (χ3v) is 4.48. The molecule has 0 radical (unpaired) electrons. The Morgan fingerprint density at radius 1 is 1.23 bits per heavy atom. The lowest BCUT2D eigenvalue weighted by Gasteiger charge is -2.28. The summed E-state index contributed by atoms with van der Waals surface area (Å²) in [5.41, 5.74) is 5.83. The summed E-state index contributed by atoms with van der Waals surface area (Å²) in [6.45, 7) is 3.97. The van der Waals surface area contributed by atoms with E-state index in [4.69, 9.17) is 5.73 Å². The minimum atomic E-state index is -0.194. The standard InChI is InChI=1S/C10H21NOS/c1-7(12)8(2)13-10-5-3-9(11)4-6-10/h7-10,12H,3-6,11H2,1-2H3. The van der Waals surface area contributed by atoms with E-state index < -0.39 is 0 Å². The molecule has 0 saturated heterocycles. The van der Waals surface area contributed by atoms with Crippen molar-refractivity contribution in [3.05, 3.63) is 0 Å². The summed E-state index contributed by atoms with van der Waals surface area (Å²) in [6.07, 6.45) is 4.57. The van der Waals surface area contributed by atoms with Crippen LogP contribution in [0, 0.1) is 0 Å². The van der Waals surface area contributed by atoms with Crippen molar-refractivity contribution in [2.75, 3.05) is 0 Å². The van der Waals surface area contributed by atoms with Gasteiger partial charge in [-0.3, -0.25) is 0 Å². The molecule has 1 saturated carbocycles. The topological polar surface area (TPSA) is 46.2 Å². The second-order valence-corrected chi connectivity index (χ2v) is 5.80.